The highest BCUT2D eigenvalue weighted by Gasteiger charge is 2.23. The van der Waals surface area contributed by atoms with Gasteiger partial charge >= 0.3 is 0 Å². The van der Waals surface area contributed by atoms with E-state index in [-0.39, 0.29) is 11.0 Å². The zero-order valence-corrected chi connectivity index (χ0v) is 20.7. The van der Waals surface area contributed by atoms with Gasteiger partial charge in [-0.25, -0.2) is 4.98 Å². The van der Waals surface area contributed by atoms with E-state index in [4.69, 9.17) is 14.5 Å². The lowest BCUT2D eigenvalue weighted by Gasteiger charge is -2.21. The highest BCUT2D eigenvalue weighted by atomic mass is 79.9. The van der Waals surface area contributed by atoms with Gasteiger partial charge in [-0.3, -0.25) is 4.79 Å². The summed E-state index contributed by atoms with van der Waals surface area (Å²) in [5.41, 5.74) is 0.794. The van der Waals surface area contributed by atoms with Gasteiger partial charge in [0.05, 0.1) is 35.3 Å². The minimum atomic E-state index is -0.380. The van der Waals surface area contributed by atoms with Crippen LogP contribution in [0.15, 0.2) is 49.2 Å². The van der Waals surface area contributed by atoms with Crippen LogP contribution >= 0.6 is 31.9 Å². The number of halogens is 2. The molecule has 3 aromatic rings. The van der Waals surface area contributed by atoms with Gasteiger partial charge in [0, 0.05) is 9.89 Å². The number of fused-ring (bicyclic) bond motifs is 1. The maximum Gasteiger partial charge on any atom is 0.282 e. The molecule has 2 aromatic carbocycles. The van der Waals surface area contributed by atoms with Crippen LogP contribution in [0.1, 0.15) is 39.1 Å². The summed E-state index contributed by atoms with van der Waals surface area (Å²) in [6.07, 6.45) is 1.62. The Morgan fingerprint density at radius 2 is 1.93 bits per heavy atom. The summed E-state index contributed by atoms with van der Waals surface area (Å²) in [7, 11) is 1.58. The predicted molar refractivity (Wildman–Crippen MR) is 127 cm³/mol. The summed E-state index contributed by atoms with van der Waals surface area (Å²) in [6, 6.07) is 9.15. The molecule has 1 aromatic heterocycles. The lowest BCUT2D eigenvalue weighted by Crippen LogP contribution is -2.29. The Bertz CT molecular complexity index is 1180. The van der Waals surface area contributed by atoms with Gasteiger partial charge < -0.3 is 9.47 Å². The van der Waals surface area contributed by atoms with Crippen molar-refractivity contribution < 1.29 is 9.47 Å². The molecule has 0 saturated heterocycles. The van der Waals surface area contributed by atoms with Crippen LogP contribution in [0, 0.1) is 0 Å². The molecule has 1 heterocycles. The van der Waals surface area contributed by atoms with Crippen molar-refractivity contribution in [2.24, 2.45) is 5.10 Å². The first-order valence-electron chi connectivity index (χ1n) is 9.43. The summed E-state index contributed by atoms with van der Waals surface area (Å²) < 4.78 is 14.0. The van der Waals surface area contributed by atoms with Crippen LogP contribution in [-0.4, -0.2) is 29.6 Å². The third kappa shape index (κ3) is 4.59. The maximum absolute atomic E-state index is 13.2. The monoisotopic (exact) mass is 535 g/mol. The van der Waals surface area contributed by atoms with E-state index in [2.05, 4.69) is 37.0 Å². The molecule has 0 aliphatic carbocycles. The van der Waals surface area contributed by atoms with E-state index in [1.807, 2.05) is 52.0 Å². The topological polar surface area (TPSA) is 65.7 Å². The number of hydrogen-bond acceptors (Lipinski definition) is 5. The molecular formula is C22H23Br2N3O3. The van der Waals surface area contributed by atoms with Crippen LogP contribution in [0.4, 0.5) is 0 Å². The molecule has 0 aliphatic rings. The Morgan fingerprint density at radius 1 is 1.20 bits per heavy atom. The number of ether oxygens (including phenoxy) is 2. The number of nitrogens with zero attached hydrogens (tertiary/aromatic N) is 3. The van der Waals surface area contributed by atoms with E-state index in [9.17, 15) is 4.79 Å². The summed E-state index contributed by atoms with van der Waals surface area (Å²) in [6.45, 7) is 8.43. The van der Waals surface area contributed by atoms with Gasteiger partial charge in [-0.15, -0.1) is 0 Å². The van der Waals surface area contributed by atoms with Crippen LogP contribution < -0.4 is 15.0 Å². The molecule has 0 radical (unpaired) electrons. The van der Waals surface area contributed by atoms with E-state index in [0.717, 1.165) is 14.5 Å². The fourth-order valence-electron chi connectivity index (χ4n) is 2.96. The first kappa shape index (κ1) is 22.5. The Morgan fingerprint density at radius 3 is 2.57 bits per heavy atom. The SMILES string of the molecule is CCOc1c(Br)cc(C=Nn2c(C(C)(C)C)nc3ccc(Br)cc3c2=O)cc1OC. The lowest BCUT2D eigenvalue weighted by atomic mass is 9.95. The molecule has 0 atom stereocenters. The van der Waals surface area contributed by atoms with Crippen molar-refractivity contribution in [2.75, 3.05) is 13.7 Å². The fourth-order valence-corrected chi connectivity index (χ4v) is 3.90. The van der Waals surface area contributed by atoms with Crippen molar-refractivity contribution in [1.82, 2.24) is 9.66 Å². The van der Waals surface area contributed by atoms with Gasteiger partial charge in [0.25, 0.3) is 5.56 Å². The smallest absolute Gasteiger partial charge is 0.282 e. The number of methoxy groups -OCH3 is 1. The average Bonchev–Trinajstić information content (AvgIpc) is 2.68. The van der Waals surface area contributed by atoms with Gasteiger partial charge in [0.2, 0.25) is 0 Å². The standard InChI is InChI=1S/C22H23Br2N3O3/c1-6-30-19-16(24)9-13(10-18(19)29-5)12-25-27-20(28)15-11-14(23)7-8-17(15)26-21(27)22(2,3)4/h7-12H,6H2,1-5H3. The third-order valence-corrected chi connectivity index (χ3v) is 5.42. The molecule has 0 saturated carbocycles. The zero-order chi connectivity index (χ0) is 22.1. The number of rotatable bonds is 5. The Kier molecular flexibility index (Phi) is 6.67. The first-order chi connectivity index (χ1) is 14.2. The van der Waals surface area contributed by atoms with Crippen LogP contribution in [-0.2, 0) is 5.41 Å². The van der Waals surface area contributed by atoms with Crippen molar-refractivity contribution in [1.29, 1.82) is 0 Å². The molecule has 0 fully saturated rings. The maximum atomic E-state index is 13.2. The number of aromatic nitrogens is 2. The van der Waals surface area contributed by atoms with E-state index >= 15 is 0 Å². The first-order valence-corrected chi connectivity index (χ1v) is 11.0. The highest BCUT2D eigenvalue weighted by molar-refractivity contribution is 9.10. The lowest BCUT2D eigenvalue weighted by molar-refractivity contribution is 0.309. The molecule has 6 nitrogen and oxygen atoms in total. The molecule has 0 N–H and O–H groups in total. The molecular weight excluding hydrogens is 514 g/mol. The molecule has 0 amide bonds. The second-order valence-electron chi connectivity index (χ2n) is 7.68. The van der Waals surface area contributed by atoms with Gasteiger partial charge in [0.15, 0.2) is 11.5 Å². The van der Waals surface area contributed by atoms with Crippen molar-refractivity contribution >= 4 is 49.0 Å². The van der Waals surface area contributed by atoms with Gasteiger partial charge in [-0.2, -0.15) is 9.78 Å². The van der Waals surface area contributed by atoms with Crippen LogP contribution in [0.2, 0.25) is 0 Å². The number of benzene rings is 2. The Hall–Kier alpha value is -2.19. The van der Waals surface area contributed by atoms with Crippen LogP contribution in [0.3, 0.4) is 0 Å². The molecule has 0 aliphatic heterocycles. The molecule has 0 unspecified atom stereocenters. The van der Waals surface area contributed by atoms with Gasteiger partial charge in [-0.05, 0) is 58.7 Å². The summed E-state index contributed by atoms with van der Waals surface area (Å²) in [5.74, 6) is 1.79. The quantitative estimate of drug-likeness (QED) is 0.403. The van der Waals surface area contributed by atoms with Crippen molar-refractivity contribution in [3.63, 3.8) is 0 Å². The van der Waals surface area contributed by atoms with Gasteiger partial charge in [-0.1, -0.05) is 36.7 Å². The molecule has 0 spiro atoms. The van der Waals surface area contributed by atoms with E-state index < -0.39 is 0 Å². The molecule has 30 heavy (non-hydrogen) atoms. The molecule has 158 valence electrons. The molecule has 3 rings (SSSR count). The zero-order valence-electron chi connectivity index (χ0n) is 17.5. The van der Waals surface area contributed by atoms with Crippen molar-refractivity contribution in [3.8, 4) is 11.5 Å². The fraction of sp³-hybridized carbons (Fsp3) is 0.318. The minimum absolute atomic E-state index is 0.223. The molecule has 0 bridgehead atoms. The van der Waals surface area contributed by atoms with Crippen molar-refractivity contribution in [3.05, 3.63) is 61.0 Å². The Labute approximate surface area is 192 Å². The Balaban J connectivity index is 2.17. The van der Waals surface area contributed by atoms with Crippen molar-refractivity contribution in [2.45, 2.75) is 33.1 Å². The second kappa shape index (κ2) is 8.89. The normalized spacial score (nSPS) is 12.0. The summed E-state index contributed by atoms with van der Waals surface area (Å²) in [5, 5.41) is 5.00. The van der Waals surface area contributed by atoms with E-state index in [1.54, 1.807) is 19.4 Å². The predicted octanol–water partition coefficient (Wildman–Crippen LogP) is 5.51. The third-order valence-electron chi connectivity index (χ3n) is 4.34. The summed E-state index contributed by atoms with van der Waals surface area (Å²) >= 11 is 6.94. The second-order valence-corrected chi connectivity index (χ2v) is 9.45. The summed E-state index contributed by atoms with van der Waals surface area (Å²) in [4.78, 5) is 18.0. The largest absolute Gasteiger partial charge is 0.493 e. The van der Waals surface area contributed by atoms with E-state index in [1.165, 1.54) is 4.68 Å². The number of hydrogen-bond donors (Lipinski definition) is 0. The van der Waals surface area contributed by atoms with Crippen LogP contribution in [0.5, 0.6) is 11.5 Å². The van der Waals surface area contributed by atoms with E-state index in [0.29, 0.717) is 34.8 Å². The average molecular weight is 537 g/mol. The minimum Gasteiger partial charge on any atom is -0.493 e. The molecule has 8 heteroatoms. The highest BCUT2D eigenvalue weighted by Crippen LogP contribution is 2.36. The van der Waals surface area contributed by atoms with Crippen LogP contribution in [0.25, 0.3) is 10.9 Å². The van der Waals surface area contributed by atoms with Gasteiger partial charge in [0.1, 0.15) is 5.82 Å².